The third kappa shape index (κ3) is 10.2. The van der Waals surface area contributed by atoms with Crippen LogP contribution in [-0.2, 0) is 16.2 Å². The van der Waals surface area contributed by atoms with E-state index in [4.69, 9.17) is 43.2 Å². The fourth-order valence-electron chi connectivity index (χ4n) is 14.9. The maximum Gasteiger partial charge on any atom is 0.269 e. The van der Waals surface area contributed by atoms with Gasteiger partial charge in [0.15, 0.2) is 0 Å². The van der Waals surface area contributed by atoms with Crippen LogP contribution in [0.3, 0.4) is 0 Å². The topological polar surface area (TPSA) is 78.4 Å². The van der Waals surface area contributed by atoms with Crippen LogP contribution >= 0.6 is 0 Å². The Morgan fingerprint density at radius 2 is 1.02 bits per heavy atom. The van der Waals surface area contributed by atoms with Crippen molar-refractivity contribution in [2.75, 3.05) is 4.90 Å². The molecule has 10 heteroatoms. The molecule has 0 N–H and O–H groups in total. The Labute approximate surface area is 684 Å². The van der Waals surface area contributed by atoms with Gasteiger partial charge in [-0.25, -0.2) is 4.98 Å². The standard InChI is InChI=1S/C97H80N10/c1-61-50-51-95(3,4)80-55-64(44-47-69(61)80)70-35-25-36-71(65-45-49-79-81(56-65)97(7,8)53-52-96(79,5)6)91(70)103-60-102(87-42-22-23-43-88(87)103)66-28-24-29-67(57-66)104(68-46-48-77-76-34-12-17-37-82(76)105(89(77)58-68)90-54-62(2)78(59-98-90)63-26-10-9-11-27-63)92-99-93(106-83-38-18-13-30-72(83)73-31-14-19-39-84(73)106)101-94(100-92)107-85-40-20-15-32-74(85)75-33-16-21-41-86(75)107/h9-49,54-59,61H,50-53H2,1-8H3/i1D3,2D3,3D3,4D3,5D3,6D3,7D3,8D3,9D,10D,11D,26D,27D,44D,45D,47D,49D,50D2,51D2,52D2,53D2,55D,56D,61D. The second-order valence-electron chi connectivity index (χ2n) is 26.1. The number of imidazole rings is 1. The molecule has 2 aliphatic carbocycles. The zero-order valence-corrected chi connectivity index (χ0v) is 55.8. The lowest BCUT2D eigenvalue weighted by Crippen LogP contribution is -2.34. The highest BCUT2D eigenvalue weighted by Gasteiger charge is 2.38. The van der Waals surface area contributed by atoms with E-state index < -0.39 is 230 Å². The van der Waals surface area contributed by atoms with Gasteiger partial charge in [-0.1, -0.05) is 260 Å². The molecule has 18 aromatic rings. The summed E-state index contributed by atoms with van der Waals surface area (Å²) < 4.78 is 420. The second kappa shape index (κ2) is 24.3. The molecule has 6 heterocycles. The van der Waals surface area contributed by atoms with E-state index >= 15 is 0 Å². The zero-order valence-electron chi connectivity index (χ0n) is 99.8. The van der Waals surface area contributed by atoms with Crippen molar-refractivity contribution in [3.05, 3.63) is 319 Å². The number of benzene rings is 12. The third-order valence-corrected chi connectivity index (χ3v) is 19.7. The van der Waals surface area contributed by atoms with Crippen LogP contribution in [0.15, 0.2) is 285 Å². The Hall–Kier alpha value is -12.5. The predicted molar refractivity (Wildman–Crippen MR) is 440 cm³/mol. The molecule has 518 valence electrons. The van der Waals surface area contributed by atoms with Gasteiger partial charge < -0.3 is 0 Å². The molecule has 0 radical (unpaired) electrons. The van der Waals surface area contributed by atoms with Crippen molar-refractivity contribution in [1.29, 1.82) is 0 Å². The Morgan fingerprint density at radius 3 is 1.64 bits per heavy atom. The number of nitrogens with zero attached hydrogens (tertiary/aromatic N) is 10. The van der Waals surface area contributed by atoms with E-state index in [-0.39, 0.29) is 57.3 Å². The first-order valence-electron chi connectivity index (χ1n) is 55.7. The lowest BCUT2D eigenvalue weighted by molar-refractivity contribution is -0.571. The molecule has 0 aliphatic heterocycles. The highest BCUT2D eigenvalue weighted by molar-refractivity contribution is 6.12. The van der Waals surface area contributed by atoms with Crippen molar-refractivity contribution in [2.24, 2.45) is 0 Å². The number of fused-ring (bicyclic) bond motifs is 12. The van der Waals surface area contributed by atoms with Crippen molar-refractivity contribution in [1.82, 2.24) is 38.2 Å². The Kier molecular flexibility index (Phi) is 7.55. The Balaban J connectivity index is 0.928. The van der Waals surface area contributed by atoms with Crippen LogP contribution in [0.1, 0.15) is 167 Å². The first kappa shape index (κ1) is 33.3. The molecule has 0 saturated carbocycles. The van der Waals surface area contributed by atoms with E-state index in [1.807, 2.05) is 106 Å². The maximum absolute atomic E-state index is 10.7. The minimum Gasteiger partial charge on any atom is -0.294 e. The molecule has 10 nitrogen and oxygen atoms in total. The van der Waals surface area contributed by atoms with Gasteiger partial charge in [-0.2, -0.15) is 15.0 Å². The summed E-state index contributed by atoms with van der Waals surface area (Å²) in [5.41, 5.74) is -25.2. The minimum atomic E-state index is -4.92. The molecule has 107 heavy (non-hydrogen) atoms. The van der Waals surface area contributed by atoms with Gasteiger partial charge in [-0.3, -0.25) is 27.7 Å². The molecule has 0 fully saturated rings. The lowest BCUT2D eigenvalue weighted by atomic mass is 9.63. The van der Waals surface area contributed by atoms with E-state index in [0.717, 1.165) is 50.5 Å². The van der Waals surface area contributed by atoms with E-state index in [0.29, 0.717) is 43.9 Å². The maximum atomic E-state index is 10.7. The molecule has 12 aromatic carbocycles. The summed E-state index contributed by atoms with van der Waals surface area (Å²) in [7, 11) is 0. The fraction of sp³-hybridized carbons (Fsp3) is 0.165. The van der Waals surface area contributed by atoms with Crippen LogP contribution in [0, 0.1) is 13.2 Å². The molecule has 6 aromatic heterocycles. The summed E-state index contributed by atoms with van der Waals surface area (Å²) in [6.45, 7) is -35.0. The van der Waals surface area contributed by atoms with Gasteiger partial charge >= 0.3 is 0 Å². The van der Waals surface area contributed by atoms with Crippen molar-refractivity contribution >= 4 is 93.8 Å². The molecule has 0 bridgehead atoms. The highest BCUT2D eigenvalue weighted by Crippen LogP contribution is 2.50. The minimum absolute atomic E-state index is 0.0112. The van der Waals surface area contributed by atoms with Gasteiger partial charge in [0.2, 0.25) is 17.8 Å². The van der Waals surface area contributed by atoms with E-state index in [1.165, 1.54) is 41.0 Å². The van der Waals surface area contributed by atoms with Gasteiger partial charge in [0, 0.05) is 95.0 Å². The Morgan fingerprint density at radius 1 is 0.477 bits per heavy atom. The van der Waals surface area contributed by atoms with Crippen LogP contribution in [-0.4, -0.2) is 38.2 Å². The fourth-order valence-corrected chi connectivity index (χ4v) is 14.9. The molecule has 20 rings (SSSR count). The molecule has 2 aliphatic rings. The van der Waals surface area contributed by atoms with Gasteiger partial charge in [-0.05, 0) is 177 Å². The SMILES string of the molecule is [2H]c1c([2H])c([2H])c(-c2cnc(-n3c4ccccc4c4ccc(N(c5cccc(-n6[c-][n+](-c7c(-c8c([2H])c([2H])c9c(c8[2H])C(C([2H])([2H])[2H])(C([2H])([2H])[2H])C([2H])([2H])C([2H])([2H])C9([2H])C([2H])([2H])[2H])cccc7-c7c([2H])c([2H])c8c(c7[2H])C(C([2H])([2H])[2H])(C([2H])([2H])[2H])C([2H])([2H])C([2H])([2H])C8(C([2H])([2H])[2H])C([2H])([2H])[2H])c7ccccc76)c5)c5nc(-n6c7ccccc7c7ccccc76)nc(-n6c7ccccc7c7ccccc76)n5)cc43)cc2C([2H])([2H])[2H])c([2H])c1[2H]. The summed E-state index contributed by atoms with van der Waals surface area (Å²) in [6, 6.07) is 43.9. The molecular formula is C97H80N10. The largest absolute Gasteiger partial charge is 0.294 e. The summed E-state index contributed by atoms with van der Waals surface area (Å²) in [5, 5.41) is 4.15. The number of hydrogen-bond donors (Lipinski definition) is 0. The average molecular weight is 1430 g/mol. The molecule has 0 saturated heterocycles. The molecule has 1 atom stereocenters. The molecule has 1 unspecified atom stereocenters. The summed E-state index contributed by atoms with van der Waals surface area (Å²) in [4.78, 5) is 23.0. The molecular weight excluding hydrogens is 1310 g/mol. The molecule has 0 spiro atoms. The summed E-state index contributed by atoms with van der Waals surface area (Å²) >= 11 is 0. The molecule has 0 amide bonds. The number of para-hydroxylation sites is 8. The van der Waals surface area contributed by atoms with E-state index in [2.05, 4.69) is 6.33 Å². The number of pyridine rings is 1. The summed E-state index contributed by atoms with van der Waals surface area (Å²) in [5.74, 6) is -4.59. The first-order chi connectivity index (χ1) is 70.1. The van der Waals surface area contributed by atoms with Crippen LogP contribution in [0.4, 0.5) is 17.3 Å². The van der Waals surface area contributed by atoms with Gasteiger partial charge in [-0.15, -0.1) is 0 Å². The Bertz CT molecular complexity index is 8540. The van der Waals surface area contributed by atoms with Crippen LogP contribution < -0.4 is 9.47 Å². The monoisotopic (exact) mass is 1430 g/mol. The lowest BCUT2D eigenvalue weighted by Gasteiger charge is -2.42. The highest BCUT2D eigenvalue weighted by atomic mass is 15.4. The number of anilines is 3. The average Bonchev–Trinajstić information content (AvgIpc) is 1.13. The number of aryl methyl sites for hydroxylation is 1. The first-order valence-corrected chi connectivity index (χ1v) is 33.7. The van der Waals surface area contributed by atoms with Crippen LogP contribution in [0.25, 0.3) is 139 Å². The van der Waals surface area contributed by atoms with Gasteiger partial charge in [0.1, 0.15) is 5.82 Å². The summed E-state index contributed by atoms with van der Waals surface area (Å²) in [6.07, 6.45) is -14.8. The van der Waals surface area contributed by atoms with Gasteiger partial charge in [0.05, 0.1) is 76.3 Å². The van der Waals surface area contributed by atoms with Crippen molar-refractivity contribution < 1.29 is 64.9 Å². The van der Waals surface area contributed by atoms with E-state index in [1.54, 1.807) is 70.1 Å². The quantitative estimate of drug-likeness (QED) is 0.0952. The number of hydrogen-bond acceptors (Lipinski definition) is 5. The van der Waals surface area contributed by atoms with E-state index in [9.17, 15) is 37.0 Å². The third-order valence-electron chi connectivity index (χ3n) is 19.7. The van der Waals surface area contributed by atoms with Gasteiger partial charge in [0.25, 0.3) is 6.33 Å². The number of rotatable bonds is 11. The van der Waals surface area contributed by atoms with Crippen LogP contribution in [0.5, 0.6) is 0 Å². The smallest absolute Gasteiger partial charge is 0.269 e. The number of aromatic nitrogens is 9. The predicted octanol–water partition coefficient (Wildman–Crippen LogP) is 23.9. The van der Waals surface area contributed by atoms with Crippen molar-refractivity contribution in [3.8, 4) is 62.5 Å². The van der Waals surface area contributed by atoms with Crippen molar-refractivity contribution in [3.63, 3.8) is 0 Å². The van der Waals surface area contributed by atoms with Crippen molar-refractivity contribution in [2.45, 2.75) is 102 Å². The van der Waals surface area contributed by atoms with Crippen LogP contribution in [0.2, 0.25) is 0 Å². The zero-order chi connectivity index (χ0) is 110. The normalized spacial score (nSPS) is 24.8. The second-order valence-corrected chi connectivity index (χ2v) is 26.1.